The minimum atomic E-state index is -0.162. The van der Waals surface area contributed by atoms with Crippen molar-refractivity contribution in [2.75, 3.05) is 13.1 Å². The highest BCUT2D eigenvalue weighted by atomic mass is 79.9. The Labute approximate surface area is 120 Å². The van der Waals surface area contributed by atoms with Gasteiger partial charge in [-0.25, -0.2) is 0 Å². The number of nitrogens with zero attached hydrogens (tertiary/aromatic N) is 1. The van der Waals surface area contributed by atoms with Crippen LogP contribution in [0.25, 0.3) is 0 Å². The van der Waals surface area contributed by atoms with E-state index in [4.69, 9.17) is 17.2 Å². The molecule has 0 saturated carbocycles. The molecule has 2 aliphatic rings. The van der Waals surface area contributed by atoms with Crippen molar-refractivity contribution in [2.45, 2.75) is 18.5 Å². The second-order valence-electron chi connectivity index (χ2n) is 4.70. The Kier molecular flexibility index (Phi) is 3.21. The molecule has 0 amide bonds. The van der Waals surface area contributed by atoms with Gasteiger partial charge < -0.3 is 10.6 Å². The predicted octanol–water partition coefficient (Wildman–Crippen LogP) is 2.25. The molecule has 1 aromatic rings. The first kappa shape index (κ1) is 12.3. The second kappa shape index (κ2) is 4.72. The van der Waals surface area contributed by atoms with Crippen LogP contribution in [0.3, 0.4) is 0 Å². The molecule has 1 spiro atoms. The first-order valence-corrected chi connectivity index (χ1v) is 7.28. The summed E-state index contributed by atoms with van der Waals surface area (Å²) in [5.41, 5.74) is 1.86. The summed E-state index contributed by atoms with van der Waals surface area (Å²) in [6.07, 6.45) is 1.99. The number of rotatable bonds is 1. The number of piperidine rings is 1. The van der Waals surface area contributed by atoms with E-state index >= 15 is 0 Å². The molecule has 0 bridgehead atoms. The number of halogens is 1. The van der Waals surface area contributed by atoms with E-state index in [0.717, 1.165) is 46.7 Å². The topological polar surface area (TPSA) is 36.4 Å². The highest BCUT2D eigenvalue weighted by Gasteiger charge is 2.38. The maximum absolute atomic E-state index is 5.43. The standard InChI is InChI=1S/C13H14BrN3S/c14-10-3-1-9(2-4-10)11-12(18)17-13(16-11)5-7-15-8-6-13/h1-4,15H,5-8H2,(H,17,18). The molecular weight excluding hydrogens is 310 g/mol. The van der Waals surface area contributed by atoms with E-state index in [1.54, 1.807) is 0 Å². The number of benzene rings is 1. The quantitative estimate of drug-likeness (QED) is 0.778. The third-order valence-corrected chi connectivity index (χ3v) is 4.26. The number of thiocarbonyl (C=S) groups is 1. The lowest BCUT2D eigenvalue weighted by atomic mass is 10.00. The molecule has 0 radical (unpaired) electrons. The molecule has 3 nitrogen and oxygen atoms in total. The molecule has 94 valence electrons. The van der Waals surface area contributed by atoms with Crippen LogP contribution in [0.15, 0.2) is 33.7 Å². The van der Waals surface area contributed by atoms with Gasteiger partial charge in [0.05, 0.1) is 0 Å². The maximum atomic E-state index is 5.43. The summed E-state index contributed by atoms with van der Waals surface area (Å²) in [6, 6.07) is 8.15. The smallest absolute Gasteiger partial charge is 0.133 e. The van der Waals surface area contributed by atoms with Gasteiger partial charge >= 0.3 is 0 Å². The highest BCUT2D eigenvalue weighted by molar-refractivity contribution is 9.10. The molecule has 1 fully saturated rings. The van der Waals surface area contributed by atoms with Crippen molar-refractivity contribution < 1.29 is 0 Å². The van der Waals surface area contributed by atoms with E-state index in [1.165, 1.54) is 0 Å². The fraction of sp³-hybridized carbons (Fsp3) is 0.385. The van der Waals surface area contributed by atoms with E-state index in [0.29, 0.717) is 0 Å². The Morgan fingerprint density at radius 1 is 1.17 bits per heavy atom. The molecular formula is C13H14BrN3S. The normalized spacial score (nSPS) is 21.8. The molecule has 1 aromatic carbocycles. The SMILES string of the molecule is S=C1NC2(CCNCC2)N=C1c1ccc(Br)cc1. The molecule has 3 rings (SSSR count). The van der Waals surface area contributed by atoms with Crippen molar-refractivity contribution in [2.24, 2.45) is 4.99 Å². The van der Waals surface area contributed by atoms with Crippen LogP contribution >= 0.6 is 28.1 Å². The van der Waals surface area contributed by atoms with Crippen molar-refractivity contribution in [1.29, 1.82) is 0 Å². The van der Waals surface area contributed by atoms with Crippen molar-refractivity contribution in [3.63, 3.8) is 0 Å². The van der Waals surface area contributed by atoms with Crippen LogP contribution < -0.4 is 10.6 Å². The highest BCUT2D eigenvalue weighted by Crippen LogP contribution is 2.26. The van der Waals surface area contributed by atoms with Crippen molar-refractivity contribution in [3.8, 4) is 0 Å². The van der Waals surface area contributed by atoms with Gasteiger partial charge in [0.1, 0.15) is 16.4 Å². The zero-order valence-electron chi connectivity index (χ0n) is 9.87. The predicted molar refractivity (Wildman–Crippen MR) is 81.2 cm³/mol. The molecule has 0 unspecified atom stereocenters. The fourth-order valence-electron chi connectivity index (χ4n) is 2.44. The summed E-state index contributed by atoms with van der Waals surface area (Å²) in [5, 5.41) is 6.76. The van der Waals surface area contributed by atoms with Crippen LogP contribution in [0.4, 0.5) is 0 Å². The van der Waals surface area contributed by atoms with Crippen molar-refractivity contribution in [3.05, 3.63) is 34.3 Å². The van der Waals surface area contributed by atoms with Gasteiger partial charge in [0, 0.05) is 22.9 Å². The van der Waals surface area contributed by atoms with E-state index in [-0.39, 0.29) is 5.66 Å². The fourth-order valence-corrected chi connectivity index (χ4v) is 3.06. The van der Waals surface area contributed by atoms with Crippen LogP contribution in [0.1, 0.15) is 18.4 Å². The number of hydrogen-bond acceptors (Lipinski definition) is 3. The first-order valence-electron chi connectivity index (χ1n) is 6.08. The Morgan fingerprint density at radius 2 is 1.83 bits per heavy atom. The largest absolute Gasteiger partial charge is 0.350 e. The Morgan fingerprint density at radius 3 is 2.50 bits per heavy atom. The van der Waals surface area contributed by atoms with Crippen LogP contribution in [-0.2, 0) is 0 Å². The average molecular weight is 324 g/mol. The number of hydrogen-bond donors (Lipinski definition) is 2. The van der Waals surface area contributed by atoms with Crippen molar-refractivity contribution >= 4 is 38.8 Å². The molecule has 2 aliphatic heterocycles. The zero-order valence-corrected chi connectivity index (χ0v) is 12.3. The third-order valence-electron chi connectivity index (χ3n) is 3.44. The molecule has 2 heterocycles. The van der Waals surface area contributed by atoms with Crippen LogP contribution in [0.2, 0.25) is 0 Å². The molecule has 0 aromatic heterocycles. The van der Waals surface area contributed by atoms with Gasteiger partial charge in [0.2, 0.25) is 0 Å². The summed E-state index contributed by atoms with van der Waals surface area (Å²) in [7, 11) is 0. The van der Waals surface area contributed by atoms with Crippen LogP contribution in [-0.4, -0.2) is 29.5 Å². The molecule has 0 aliphatic carbocycles. The Balaban J connectivity index is 1.93. The van der Waals surface area contributed by atoms with Gasteiger partial charge in [-0.15, -0.1) is 0 Å². The number of nitrogens with one attached hydrogen (secondary N) is 2. The summed E-state index contributed by atoms with van der Waals surface area (Å²) in [5.74, 6) is 0. The van der Waals surface area contributed by atoms with Gasteiger partial charge in [0.15, 0.2) is 0 Å². The monoisotopic (exact) mass is 323 g/mol. The lowest BCUT2D eigenvalue weighted by Gasteiger charge is -2.31. The summed E-state index contributed by atoms with van der Waals surface area (Å²) < 4.78 is 1.07. The molecule has 5 heteroatoms. The number of aliphatic imine (C=N–C) groups is 1. The minimum Gasteiger partial charge on any atom is -0.350 e. The second-order valence-corrected chi connectivity index (χ2v) is 6.03. The average Bonchev–Trinajstić information content (AvgIpc) is 2.68. The van der Waals surface area contributed by atoms with E-state index in [9.17, 15) is 0 Å². The summed E-state index contributed by atoms with van der Waals surface area (Å²) in [6.45, 7) is 1.99. The van der Waals surface area contributed by atoms with Gasteiger partial charge in [-0.05, 0) is 25.2 Å². The Hall–Kier alpha value is -0.780. The Bertz CT molecular complexity index is 503. The maximum Gasteiger partial charge on any atom is 0.133 e. The van der Waals surface area contributed by atoms with Gasteiger partial charge in [-0.1, -0.05) is 40.3 Å². The van der Waals surface area contributed by atoms with Gasteiger partial charge in [-0.3, -0.25) is 4.99 Å². The molecule has 18 heavy (non-hydrogen) atoms. The van der Waals surface area contributed by atoms with Crippen molar-refractivity contribution in [1.82, 2.24) is 10.6 Å². The van der Waals surface area contributed by atoms with Crippen LogP contribution in [0, 0.1) is 0 Å². The lowest BCUT2D eigenvalue weighted by molar-refractivity contribution is 0.300. The molecule has 1 saturated heterocycles. The van der Waals surface area contributed by atoms with E-state index < -0.39 is 0 Å². The van der Waals surface area contributed by atoms with E-state index in [2.05, 4.69) is 38.7 Å². The van der Waals surface area contributed by atoms with E-state index in [1.807, 2.05) is 12.1 Å². The van der Waals surface area contributed by atoms with Gasteiger partial charge in [-0.2, -0.15) is 0 Å². The first-order chi connectivity index (χ1) is 8.69. The third kappa shape index (κ3) is 2.22. The zero-order chi connectivity index (χ0) is 12.6. The van der Waals surface area contributed by atoms with Gasteiger partial charge in [0.25, 0.3) is 0 Å². The molecule has 2 N–H and O–H groups in total. The minimum absolute atomic E-state index is 0.162. The summed E-state index contributed by atoms with van der Waals surface area (Å²) >= 11 is 8.88. The lowest BCUT2D eigenvalue weighted by Crippen LogP contribution is -2.49. The molecule has 0 atom stereocenters. The summed E-state index contributed by atoms with van der Waals surface area (Å²) in [4.78, 5) is 5.65. The van der Waals surface area contributed by atoms with Crippen LogP contribution in [0.5, 0.6) is 0 Å².